The van der Waals surface area contributed by atoms with Crippen LogP contribution in [0.5, 0.6) is 0 Å². The monoisotopic (exact) mass is 380 g/mol. The molecule has 0 aliphatic heterocycles. The van der Waals surface area contributed by atoms with Crippen LogP contribution in [0.2, 0.25) is 0 Å². The number of aromatic nitrogens is 2. The van der Waals surface area contributed by atoms with Crippen LogP contribution in [0.1, 0.15) is 27.0 Å². The van der Waals surface area contributed by atoms with Crippen LogP contribution >= 0.6 is 11.3 Å². The van der Waals surface area contributed by atoms with Gasteiger partial charge in [0.05, 0.1) is 18.9 Å². The number of thiophene rings is 1. The van der Waals surface area contributed by atoms with Crippen molar-refractivity contribution in [2.45, 2.75) is 13.3 Å². The van der Waals surface area contributed by atoms with Crippen LogP contribution < -0.4 is 5.56 Å². The molecule has 1 aromatic carbocycles. The lowest BCUT2D eigenvalue weighted by molar-refractivity contribution is 0.0563. The zero-order chi connectivity index (χ0) is 19.0. The number of hydrogen-bond acceptors (Lipinski definition) is 6. The van der Waals surface area contributed by atoms with E-state index in [0.29, 0.717) is 21.8 Å². The van der Waals surface area contributed by atoms with Crippen LogP contribution in [0, 0.1) is 6.92 Å². The molecule has 136 valence electrons. The average molecular weight is 380 g/mol. The van der Waals surface area contributed by atoms with E-state index < -0.39 is 5.97 Å². The molecule has 7 heteroatoms. The van der Waals surface area contributed by atoms with Crippen LogP contribution in [0.4, 0.5) is 0 Å². The number of hydrogen-bond donors (Lipinski definition) is 1. The number of methoxy groups -OCH3 is 1. The molecule has 27 heavy (non-hydrogen) atoms. The van der Waals surface area contributed by atoms with Gasteiger partial charge in [0.15, 0.2) is 0 Å². The Bertz CT molecular complexity index is 1190. The fourth-order valence-corrected chi connectivity index (χ4v) is 4.11. The van der Waals surface area contributed by atoms with Gasteiger partial charge in [-0.15, -0.1) is 11.3 Å². The normalized spacial score (nSPS) is 11.0. The van der Waals surface area contributed by atoms with E-state index >= 15 is 0 Å². The summed E-state index contributed by atoms with van der Waals surface area (Å²) in [7, 11) is 1.29. The van der Waals surface area contributed by atoms with Crippen LogP contribution in [0.15, 0.2) is 51.7 Å². The summed E-state index contributed by atoms with van der Waals surface area (Å²) in [6.07, 6.45) is 0.278. The molecule has 6 nitrogen and oxygen atoms in total. The largest absolute Gasteiger partial charge is 0.463 e. The lowest BCUT2D eigenvalue weighted by Gasteiger charge is -2.02. The highest BCUT2D eigenvalue weighted by Gasteiger charge is 2.17. The Kier molecular flexibility index (Phi) is 4.37. The zero-order valence-electron chi connectivity index (χ0n) is 14.7. The number of carbonyl (C=O) groups excluding carboxylic acids is 1. The molecule has 0 spiro atoms. The van der Waals surface area contributed by atoms with Gasteiger partial charge in [-0.1, -0.05) is 30.3 Å². The average Bonchev–Trinajstić information content (AvgIpc) is 3.26. The number of nitrogens with one attached hydrogen (secondary N) is 1. The van der Waals surface area contributed by atoms with Crippen molar-refractivity contribution in [3.05, 3.63) is 75.0 Å². The number of carbonyl (C=O) groups is 1. The van der Waals surface area contributed by atoms with Crippen LogP contribution in [0.25, 0.3) is 21.3 Å². The molecule has 0 radical (unpaired) electrons. The first-order valence-corrected chi connectivity index (χ1v) is 9.13. The van der Waals surface area contributed by atoms with Crippen molar-refractivity contribution in [3.63, 3.8) is 0 Å². The molecule has 0 atom stereocenters. The molecule has 3 aromatic heterocycles. The zero-order valence-corrected chi connectivity index (χ0v) is 15.6. The van der Waals surface area contributed by atoms with Gasteiger partial charge in [0.2, 0.25) is 5.76 Å². The second-order valence-corrected chi connectivity index (χ2v) is 7.23. The predicted molar refractivity (Wildman–Crippen MR) is 103 cm³/mol. The molecular weight excluding hydrogens is 364 g/mol. The number of rotatable bonds is 4. The third-order valence-electron chi connectivity index (χ3n) is 4.24. The van der Waals surface area contributed by atoms with Gasteiger partial charge < -0.3 is 14.1 Å². The van der Waals surface area contributed by atoms with Gasteiger partial charge in [0.25, 0.3) is 5.56 Å². The summed E-state index contributed by atoms with van der Waals surface area (Å²) in [5.74, 6) is 0.586. The minimum atomic E-state index is -0.542. The van der Waals surface area contributed by atoms with E-state index in [2.05, 4.69) is 14.7 Å². The van der Waals surface area contributed by atoms with E-state index in [4.69, 9.17) is 4.42 Å². The Morgan fingerprint density at radius 1 is 1.22 bits per heavy atom. The maximum Gasteiger partial charge on any atom is 0.373 e. The molecule has 0 fully saturated rings. The summed E-state index contributed by atoms with van der Waals surface area (Å²) >= 11 is 1.49. The third kappa shape index (κ3) is 3.17. The molecule has 4 rings (SSSR count). The van der Waals surface area contributed by atoms with Gasteiger partial charge in [-0.2, -0.15) is 0 Å². The Morgan fingerprint density at radius 2 is 2.00 bits per heavy atom. The topological polar surface area (TPSA) is 85.2 Å². The highest BCUT2D eigenvalue weighted by molar-refractivity contribution is 7.19. The number of aryl methyl sites for hydroxylation is 1. The van der Waals surface area contributed by atoms with Crippen LogP contribution in [0.3, 0.4) is 0 Å². The van der Waals surface area contributed by atoms with E-state index in [0.717, 1.165) is 16.0 Å². The molecule has 0 aliphatic rings. The van der Waals surface area contributed by atoms with E-state index in [1.54, 1.807) is 12.1 Å². The molecule has 0 saturated carbocycles. The van der Waals surface area contributed by atoms with Crippen molar-refractivity contribution in [1.29, 1.82) is 0 Å². The lowest BCUT2D eigenvalue weighted by Crippen LogP contribution is -2.11. The Labute approximate surface area is 158 Å². The first kappa shape index (κ1) is 17.2. The maximum absolute atomic E-state index is 12.8. The summed E-state index contributed by atoms with van der Waals surface area (Å²) in [5, 5.41) is 0.599. The fourth-order valence-electron chi connectivity index (χ4n) is 3.05. The summed E-state index contributed by atoms with van der Waals surface area (Å²) in [6.45, 7) is 1.99. The van der Waals surface area contributed by atoms with E-state index in [1.807, 2.05) is 37.3 Å². The van der Waals surface area contributed by atoms with Gasteiger partial charge in [-0.3, -0.25) is 4.79 Å². The van der Waals surface area contributed by atoms with Gasteiger partial charge in [0, 0.05) is 10.4 Å². The quantitative estimate of drug-likeness (QED) is 0.542. The molecule has 0 saturated heterocycles. The lowest BCUT2D eigenvalue weighted by atomic mass is 10.0. The van der Waals surface area contributed by atoms with Crippen LogP contribution in [-0.2, 0) is 11.2 Å². The van der Waals surface area contributed by atoms with E-state index in [1.165, 1.54) is 18.4 Å². The van der Waals surface area contributed by atoms with E-state index in [-0.39, 0.29) is 17.7 Å². The Hall–Kier alpha value is -3.19. The molecule has 4 aromatic rings. The molecule has 3 heterocycles. The first-order chi connectivity index (χ1) is 13.1. The van der Waals surface area contributed by atoms with E-state index in [9.17, 15) is 9.59 Å². The first-order valence-electron chi connectivity index (χ1n) is 8.31. The highest BCUT2D eigenvalue weighted by atomic mass is 32.1. The maximum atomic E-state index is 12.8. The van der Waals surface area contributed by atoms with Crippen LogP contribution in [-0.4, -0.2) is 23.0 Å². The second kappa shape index (κ2) is 6.85. The van der Waals surface area contributed by atoms with Gasteiger partial charge in [0.1, 0.15) is 16.4 Å². The molecule has 0 amide bonds. The Morgan fingerprint density at radius 3 is 2.74 bits per heavy atom. The van der Waals surface area contributed by atoms with Gasteiger partial charge in [-0.05, 0) is 24.6 Å². The summed E-state index contributed by atoms with van der Waals surface area (Å²) in [5.41, 5.74) is 1.73. The van der Waals surface area contributed by atoms with Crippen molar-refractivity contribution in [2.24, 2.45) is 0 Å². The highest BCUT2D eigenvalue weighted by Crippen LogP contribution is 2.35. The standard InChI is InChI=1S/C20H16N2O4S/c1-11-16(12-6-4-3-5-7-12)17-18(23)21-15(22-19(17)27-11)10-13-8-9-14(26-13)20(24)25-2/h3-9H,10H2,1-2H3,(H,21,22,23). The van der Waals surface area contributed by atoms with Gasteiger partial charge in [-0.25, -0.2) is 9.78 Å². The molecule has 1 N–H and O–H groups in total. The smallest absolute Gasteiger partial charge is 0.373 e. The SMILES string of the molecule is COC(=O)c1ccc(Cc2nc3sc(C)c(-c4ccccc4)c3c(=O)[nH]2)o1. The summed E-state index contributed by atoms with van der Waals surface area (Å²) in [4.78, 5) is 33.4. The van der Waals surface area contributed by atoms with Crippen molar-refractivity contribution >= 4 is 27.5 Å². The Balaban J connectivity index is 1.74. The minimum absolute atomic E-state index is 0.120. The van der Waals surface area contributed by atoms with Crippen molar-refractivity contribution in [2.75, 3.05) is 7.11 Å². The number of benzene rings is 1. The van der Waals surface area contributed by atoms with Crippen molar-refractivity contribution in [1.82, 2.24) is 9.97 Å². The molecule has 0 aliphatic carbocycles. The third-order valence-corrected chi connectivity index (χ3v) is 5.24. The number of H-pyrrole nitrogens is 1. The van der Waals surface area contributed by atoms with Crippen molar-refractivity contribution < 1.29 is 13.9 Å². The number of fused-ring (bicyclic) bond motifs is 1. The molecule has 0 bridgehead atoms. The minimum Gasteiger partial charge on any atom is -0.463 e. The summed E-state index contributed by atoms with van der Waals surface area (Å²) in [6, 6.07) is 13.0. The molecular formula is C20H16N2O4S. The fraction of sp³-hybridized carbons (Fsp3) is 0.150. The van der Waals surface area contributed by atoms with Crippen molar-refractivity contribution in [3.8, 4) is 11.1 Å². The number of aromatic amines is 1. The number of ether oxygens (including phenoxy) is 1. The number of esters is 1. The van der Waals surface area contributed by atoms with Gasteiger partial charge >= 0.3 is 5.97 Å². The second-order valence-electron chi connectivity index (χ2n) is 6.03. The molecule has 0 unspecified atom stereocenters. The predicted octanol–water partition coefficient (Wildman–Crippen LogP) is 3.93. The number of furan rings is 1. The number of nitrogens with zero attached hydrogens (tertiary/aromatic N) is 1. The summed E-state index contributed by atoms with van der Waals surface area (Å²) < 4.78 is 10.1.